The van der Waals surface area contributed by atoms with Crippen molar-refractivity contribution in [1.82, 2.24) is 24.5 Å². The van der Waals surface area contributed by atoms with Crippen LogP contribution in [0.4, 0.5) is 0 Å². The van der Waals surface area contributed by atoms with Crippen molar-refractivity contribution < 1.29 is 4.79 Å². The van der Waals surface area contributed by atoms with Crippen molar-refractivity contribution in [3.8, 4) is 0 Å². The monoisotopic (exact) mass is 437 g/mol. The van der Waals surface area contributed by atoms with Gasteiger partial charge in [-0.2, -0.15) is 4.98 Å². The molecule has 3 aromatic rings. The molecule has 31 heavy (non-hydrogen) atoms. The first-order chi connectivity index (χ1) is 14.8. The zero-order valence-corrected chi connectivity index (χ0v) is 19.9. The fourth-order valence-corrected chi connectivity index (χ4v) is 5.34. The molecule has 2 atom stereocenters. The lowest BCUT2D eigenvalue weighted by Gasteiger charge is -2.34. The molecule has 0 bridgehead atoms. The quantitative estimate of drug-likeness (QED) is 0.559. The number of rotatable bonds is 5. The second kappa shape index (κ2) is 8.99. The fraction of sp³-hybridized carbons (Fsp3) is 0.500. The number of hydrogen-bond donors (Lipinski definition) is 0. The largest absolute Gasteiger partial charge is 0.341 e. The number of benzene rings is 1. The van der Waals surface area contributed by atoms with Gasteiger partial charge in [-0.25, -0.2) is 9.50 Å². The number of carbonyl (C=O) groups is 1. The first-order valence-electron chi connectivity index (χ1n) is 11.0. The van der Waals surface area contributed by atoms with Gasteiger partial charge in [-0.1, -0.05) is 55.4 Å². The Bertz CT molecular complexity index is 1100. The maximum absolute atomic E-state index is 12.7. The van der Waals surface area contributed by atoms with Gasteiger partial charge in [0.2, 0.25) is 11.1 Å². The number of piperidine rings is 1. The summed E-state index contributed by atoms with van der Waals surface area (Å²) in [5.74, 6) is 2.26. The molecule has 3 heterocycles. The predicted octanol–water partition coefficient (Wildman–Crippen LogP) is 4.24. The van der Waals surface area contributed by atoms with E-state index in [-0.39, 0.29) is 5.91 Å². The summed E-state index contributed by atoms with van der Waals surface area (Å²) in [4.78, 5) is 24.0. The minimum atomic E-state index is 0.170. The number of aryl methyl sites for hydroxylation is 3. The molecule has 0 radical (unpaired) electrons. The lowest BCUT2D eigenvalue weighted by molar-refractivity contribution is -0.130. The van der Waals surface area contributed by atoms with E-state index >= 15 is 0 Å². The summed E-state index contributed by atoms with van der Waals surface area (Å²) < 4.78 is 1.82. The zero-order chi connectivity index (χ0) is 22.1. The van der Waals surface area contributed by atoms with Crippen LogP contribution < -0.4 is 0 Å². The first-order valence-corrected chi connectivity index (χ1v) is 12.0. The Morgan fingerprint density at radius 1 is 1.13 bits per heavy atom. The fourth-order valence-electron chi connectivity index (χ4n) is 4.62. The molecule has 1 aliphatic heterocycles. The standard InChI is InChI=1S/C24H31N5OS/c1-15-7-6-8-20(10-15)11-21-18(4)25-23-26-24(27-29(23)19(21)5)31-14-22(30)28-12-16(2)9-17(3)13-28/h6-8,10,16-17H,9,11-14H2,1-5H3/t16-,17-/m0/s1. The summed E-state index contributed by atoms with van der Waals surface area (Å²) in [6, 6.07) is 8.55. The SMILES string of the molecule is Cc1cccc(Cc2c(C)nc3nc(SCC(=O)N4C[C@@H](C)C[C@H](C)C4)nn3c2C)c1. The maximum atomic E-state index is 12.7. The molecule has 1 saturated heterocycles. The smallest absolute Gasteiger partial charge is 0.253 e. The number of aromatic nitrogens is 4. The maximum Gasteiger partial charge on any atom is 0.253 e. The molecular formula is C24H31N5OS. The highest BCUT2D eigenvalue weighted by atomic mass is 32.2. The third kappa shape index (κ3) is 4.92. The Morgan fingerprint density at radius 3 is 2.58 bits per heavy atom. The van der Waals surface area contributed by atoms with Crippen LogP contribution in [0.1, 0.15) is 48.3 Å². The molecule has 0 unspecified atom stereocenters. The molecule has 0 saturated carbocycles. The van der Waals surface area contributed by atoms with Gasteiger partial charge >= 0.3 is 0 Å². The second-order valence-corrected chi connectivity index (χ2v) is 10.0. The zero-order valence-electron chi connectivity index (χ0n) is 19.1. The van der Waals surface area contributed by atoms with Crippen LogP contribution >= 0.6 is 11.8 Å². The molecule has 1 fully saturated rings. The van der Waals surface area contributed by atoms with Crippen LogP contribution in [0.15, 0.2) is 29.4 Å². The number of thioether (sulfide) groups is 1. The van der Waals surface area contributed by atoms with Gasteiger partial charge < -0.3 is 4.90 Å². The van der Waals surface area contributed by atoms with Crippen LogP contribution in [-0.2, 0) is 11.2 Å². The Morgan fingerprint density at radius 2 is 1.87 bits per heavy atom. The summed E-state index contributed by atoms with van der Waals surface area (Å²) in [7, 11) is 0. The summed E-state index contributed by atoms with van der Waals surface area (Å²) in [6.45, 7) is 12.3. The van der Waals surface area contributed by atoms with Crippen molar-refractivity contribution in [2.24, 2.45) is 11.8 Å². The summed E-state index contributed by atoms with van der Waals surface area (Å²) in [5, 5.41) is 5.26. The van der Waals surface area contributed by atoms with Gasteiger partial charge in [0.15, 0.2) is 0 Å². The Balaban J connectivity index is 1.50. The number of carbonyl (C=O) groups excluding carboxylic acids is 1. The van der Waals surface area contributed by atoms with Crippen molar-refractivity contribution >= 4 is 23.4 Å². The average Bonchev–Trinajstić information content (AvgIpc) is 3.11. The molecule has 6 nitrogen and oxygen atoms in total. The van der Waals surface area contributed by atoms with Crippen LogP contribution in [-0.4, -0.2) is 49.2 Å². The number of likely N-dealkylation sites (tertiary alicyclic amines) is 1. The van der Waals surface area contributed by atoms with Crippen molar-refractivity contribution in [2.75, 3.05) is 18.8 Å². The molecule has 0 spiro atoms. The van der Waals surface area contributed by atoms with E-state index in [4.69, 9.17) is 4.98 Å². The van der Waals surface area contributed by atoms with Crippen molar-refractivity contribution in [3.63, 3.8) is 0 Å². The number of hydrogen-bond acceptors (Lipinski definition) is 5. The van der Waals surface area contributed by atoms with E-state index in [1.54, 1.807) is 0 Å². The first kappa shape index (κ1) is 21.8. The van der Waals surface area contributed by atoms with Crippen LogP contribution in [0.25, 0.3) is 5.78 Å². The van der Waals surface area contributed by atoms with Crippen LogP contribution in [0, 0.1) is 32.6 Å². The number of fused-ring (bicyclic) bond motifs is 1. The molecule has 1 amide bonds. The summed E-state index contributed by atoms with van der Waals surface area (Å²) in [6.07, 6.45) is 2.01. The molecule has 7 heteroatoms. The predicted molar refractivity (Wildman–Crippen MR) is 124 cm³/mol. The summed E-state index contributed by atoms with van der Waals surface area (Å²) in [5.41, 5.74) is 5.71. The van der Waals surface area contributed by atoms with E-state index in [0.29, 0.717) is 28.5 Å². The van der Waals surface area contributed by atoms with Gasteiger partial charge in [-0.15, -0.1) is 5.10 Å². The summed E-state index contributed by atoms with van der Waals surface area (Å²) >= 11 is 1.40. The highest BCUT2D eigenvalue weighted by Crippen LogP contribution is 2.24. The molecule has 2 aromatic heterocycles. The Labute approximate surface area is 188 Å². The van der Waals surface area contributed by atoms with Gasteiger partial charge in [-0.05, 0) is 50.2 Å². The Hall–Kier alpha value is -2.41. The van der Waals surface area contributed by atoms with Gasteiger partial charge in [0.1, 0.15) is 0 Å². The molecule has 1 aromatic carbocycles. The van der Waals surface area contributed by atoms with E-state index in [0.717, 1.165) is 30.9 Å². The van der Waals surface area contributed by atoms with Gasteiger partial charge in [0, 0.05) is 30.9 Å². The van der Waals surface area contributed by atoms with Crippen molar-refractivity contribution in [3.05, 3.63) is 52.3 Å². The minimum absolute atomic E-state index is 0.170. The lowest BCUT2D eigenvalue weighted by Crippen LogP contribution is -2.43. The molecule has 4 rings (SSSR count). The van der Waals surface area contributed by atoms with Crippen LogP contribution in [0.5, 0.6) is 0 Å². The third-order valence-corrected chi connectivity index (χ3v) is 6.86. The second-order valence-electron chi connectivity index (χ2n) is 9.07. The Kier molecular flexibility index (Phi) is 6.32. The van der Waals surface area contributed by atoms with Crippen LogP contribution in [0.3, 0.4) is 0 Å². The highest BCUT2D eigenvalue weighted by molar-refractivity contribution is 7.99. The normalized spacial score (nSPS) is 19.2. The van der Waals surface area contributed by atoms with E-state index in [9.17, 15) is 4.79 Å². The van der Waals surface area contributed by atoms with E-state index in [1.807, 2.05) is 16.3 Å². The van der Waals surface area contributed by atoms with Crippen molar-refractivity contribution in [1.29, 1.82) is 0 Å². The van der Waals surface area contributed by atoms with Gasteiger partial charge in [0.05, 0.1) is 5.75 Å². The van der Waals surface area contributed by atoms with Gasteiger partial charge in [0.25, 0.3) is 5.78 Å². The lowest BCUT2D eigenvalue weighted by atomic mass is 9.92. The minimum Gasteiger partial charge on any atom is -0.341 e. The topological polar surface area (TPSA) is 63.4 Å². The van der Waals surface area contributed by atoms with Gasteiger partial charge in [-0.3, -0.25) is 4.79 Å². The molecular weight excluding hydrogens is 406 g/mol. The molecule has 164 valence electrons. The van der Waals surface area contributed by atoms with E-state index < -0.39 is 0 Å². The highest BCUT2D eigenvalue weighted by Gasteiger charge is 2.25. The average molecular weight is 438 g/mol. The third-order valence-electron chi connectivity index (χ3n) is 6.04. The molecule has 1 aliphatic rings. The van der Waals surface area contributed by atoms with E-state index in [2.05, 4.69) is 62.0 Å². The van der Waals surface area contributed by atoms with Crippen LogP contribution in [0.2, 0.25) is 0 Å². The number of amides is 1. The van der Waals surface area contributed by atoms with Crippen molar-refractivity contribution in [2.45, 2.75) is 52.6 Å². The number of nitrogens with zero attached hydrogens (tertiary/aromatic N) is 5. The molecule has 0 N–H and O–H groups in total. The van der Waals surface area contributed by atoms with E-state index in [1.165, 1.54) is 34.9 Å². The molecule has 0 aliphatic carbocycles.